The van der Waals surface area contributed by atoms with Crippen LogP contribution in [0.15, 0.2) is 42.5 Å². The number of carbonyl (C=O) groups excluding carboxylic acids is 1. The molecule has 0 aliphatic carbocycles. The maximum atomic E-state index is 12.2. The molecule has 0 aliphatic rings. The number of para-hydroxylation sites is 2. The Bertz CT molecular complexity index is 752. The second-order valence-corrected chi connectivity index (χ2v) is 5.36. The zero-order valence-corrected chi connectivity index (χ0v) is 13.5. The van der Waals surface area contributed by atoms with Crippen molar-refractivity contribution in [3.05, 3.63) is 62.6 Å². The van der Waals surface area contributed by atoms with Crippen molar-refractivity contribution in [2.75, 3.05) is 5.32 Å². The molecule has 0 bridgehead atoms. The SMILES string of the molecule is C[C@@H](Oc1ccccc1[N+](=O)[O-])C(=O)Nc1cccc(Cl)c1Cl. The summed E-state index contributed by atoms with van der Waals surface area (Å²) in [5, 5.41) is 14.0. The number of anilines is 1. The van der Waals surface area contributed by atoms with Crippen LogP contribution in [-0.4, -0.2) is 16.9 Å². The minimum Gasteiger partial charge on any atom is -0.474 e. The van der Waals surface area contributed by atoms with Crippen molar-refractivity contribution < 1.29 is 14.5 Å². The van der Waals surface area contributed by atoms with Crippen LogP contribution in [0.4, 0.5) is 11.4 Å². The van der Waals surface area contributed by atoms with Gasteiger partial charge in [-0.15, -0.1) is 0 Å². The number of benzene rings is 2. The van der Waals surface area contributed by atoms with Crippen LogP contribution in [-0.2, 0) is 4.79 Å². The molecule has 0 radical (unpaired) electrons. The summed E-state index contributed by atoms with van der Waals surface area (Å²) in [7, 11) is 0. The monoisotopic (exact) mass is 354 g/mol. The normalized spacial score (nSPS) is 11.6. The van der Waals surface area contributed by atoms with E-state index in [1.54, 1.807) is 24.3 Å². The first-order valence-corrected chi connectivity index (χ1v) is 7.30. The van der Waals surface area contributed by atoms with E-state index in [1.165, 1.54) is 25.1 Å². The van der Waals surface area contributed by atoms with Gasteiger partial charge in [0.05, 0.1) is 20.7 Å². The molecule has 1 amide bonds. The third-order valence-corrected chi connectivity index (χ3v) is 3.76. The highest BCUT2D eigenvalue weighted by Crippen LogP contribution is 2.30. The summed E-state index contributed by atoms with van der Waals surface area (Å²) in [6.07, 6.45) is -0.967. The average Bonchev–Trinajstić information content (AvgIpc) is 2.52. The van der Waals surface area contributed by atoms with Crippen molar-refractivity contribution in [2.45, 2.75) is 13.0 Å². The van der Waals surface area contributed by atoms with Gasteiger partial charge in [-0.3, -0.25) is 14.9 Å². The fraction of sp³-hybridized carbons (Fsp3) is 0.133. The molecule has 0 fully saturated rings. The molecule has 0 aromatic heterocycles. The van der Waals surface area contributed by atoms with Crippen molar-refractivity contribution in [3.8, 4) is 5.75 Å². The van der Waals surface area contributed by atoms with E-state index in [-0.39, 0.29) is 16.5 Å². The van der Waals surface area contributed by atoms with Gasteiger partial charge in [-0.2, -0.15) is 0 Å². The molecule has 8 heteroatoms. The fourth-order valence-corrected chi connectivity index (χ4v) is 2.13. The molecule has 23 heavy (non-hydrogen) atoms. The standard InChI is InChI=1S/C15H12Cl2N2O4/c1-9(23-13-8-3-2-7-12(13)19(21)22)15(20)18-11-6-4-5-10(16)14(11)17/h2-9H,1H3,(H,18,20)/t9-/m1/s1. The van der Waals surface area contributed by atoms with Gasteiger partial charge in [0.1, 0.15) is 0 Å². The largest absolute Gasteiger partial charge is 0.474 e. The Morgan fingerprint density at radius 3 is 2.61 bits per heavy atom. The molecule has 6 nitrogen and oxygen atoms in total. The smallest absolute Gasteiger partial charge is 0.310 e. The third-order valence-electron chi connectivity index (χ3n) is 2.94. The minimum absolute atomic E-state index is 0.0114. The summed E-state index contributed by atoms with van der Waals surface area (Å²) >= 11 is 11.9. The molecule has 0 heterocycles. The number of rotatable bonds is 5. The second-order valence-electron chi connectivity index (χ2n) is 4.58. The Morgan fingerprint density at radius 2 is 1.91 bits per heavy atom. The first kappa shape index (κ1) is 17.1. The van der Waals surface area contributed by atoms with Crippen LogP contribution in [0.3, 0.4) is 0 Å². The van der Waals surface area contributed by atoms with Gasteiger partial charge < -0.3 is 10.1 Å². The lowest BCUT2D eigenvalue weighted by molar-refractivity contribution is -0.386. The molecule has 2 aromatic carbocycles. The first-order valence-electron chi connectivity index (χ1n) is 6.55. The highest BCUT2D eigenvalue weighted by Gasteiger charge is 2.21. The highest BCUT2D eigenvalue weighted by molar-refractivity contribution is 6.44. The van der Waals surface area contributed by atoms with Crippen LogP contribution in [0, 0.1) is 10.1 Å². The number of nitro groups is 1. The number of amides is 1. The first-order chi connectivity index (χ1) is 10.9. The maximum Gasteiger partial charge on any atom is 0.310 e. The molecule has 2 aromatic rings. The second kappa shape index (κ2) is 7.30. The van der Waals surface area contributed by atoms with Crippen molar-refractivity contribution in [3.63, 3.8) is 0 Å². The number of ether oxygens (including phenoxy) is 1. The van der Waals surface area contributed by atoms with Gasteiger partial charge in [0.15, 0.2) is 11.9 Å². The molecule has 0 saturated carbocycles. The number of halogens is 2. The highest BCUT2D eigenvalue weighted by atomic mass is 35.5. The van der Waals surface area contributed by atoms with Gasteiger partial charge in [0.25, 0.3) is 5.91 Å². The molecule has 0 saturated heterocycles. The van der Waals surface area contributed by atoms with E-state index in [1.807, 2.05) is 0 Å². The zero-order chi connectivity index (χ0) is 17.0. The van der Waals surface area contributed by atoms with Crippen LogP contribution in [0.25, 0.3) is 0 Å². The molecular formula is C15H12Cl2N2O4. The molecular weight excluding hydrogens is 343 g/mol. The summed E-state index contributed by atoms with van der Waals surface area (Å²) in [6.45, 7) is 1.48. The Morgan fingerprint density at radius 1 is 1.22 bits per heavy atom. The number of hydrogen-bond donors (Lipinski definition) is 1. The quantitative estimate of drug-likeness (QED) is 0.640. The molecule has 0 aliphatic heterocycles. The number of nitrogens with one attached hydrogen (secondary N) is 1. The van der Waals surface area contributed by atoms with E-state index in [0.717, 1.165) is 0 Å². The van der Waals surface area contributed by atoms with Gasteiger partial charge in [-0.1, -0.05) is 41.4 Å². The van der Waals surface area contributed by atoms with Gasteiger partial charge in [0.2, 0.25) is 0 Å². The molecule has 120 valence electrons. The van der Waals surface area contributed by atoms with E-state index in [2.05, 4.69) is 5.32 Å². The van der Waals surface area contributed by atoms with E-state index >= 15 is 0 Å². The lowest BCUT2D eigenvalue weighted by atomic mass is 10.2. The van der Waals surface area contributed by atoms with E-state index in [9.17, 15) is 14.9 Å². The average molecular weight is 355 g/mol. The lowest BCUT2D eigenvalue weighted by Crippen LogP contribution is -2.30. The number of nitrogens with zero attached hydrogens (tertiary/aromatic N) is 1. The van der Waals surface area contributed by atoms with Gasteiger partial charge >= 0.3 is 5.69 Å². The van der Waals surface area contributed by atoms with Crippen LogP contribution in [0.1, 0.15) is 6.92 Å². The number of nitro benzene ring substituents is 1. The van der Waals surface area contributed by atoms with Crippen molar-refractivity contribution >= 4 is 40.5 Å². The zero-order valence-electron chi connectivity index (χ0n) is 12.0. The van der Waals surface area contributed by atoms with Crippen molar-refractivity contribution in [1.29, 1.82) is 0 Å². The predicted molar refractivity (Wildman–Crippen MR) is 88.3 cm³/mol. The molecule has 0 spiro atoms. The van der Waals surface area contributed by atoms with Gasteiger partial charge in [-0.05, 0) is 25.1 Å². The van der Waals surface area contributed by atoms with Crippen molar-refractivity contribution in [1.82, 2.24) is 0 Å². The summed E-state index contributed by atoms with van der Waals surface area (Å²) in [5.41, 5.74) is 0.120. The molecule has 1 atom stereocenters. The predicted octanol–water partition coefficient (Wildman–Crippen LogP) is 4.31. The summed E-state index contributed by atoms with van der Waals surface area (Å²) < 4.78 is 5.38. The number of carbonyl (C=O) groups is 1. The Labute approximate surface area is 142 Å². The molecule has 2 rings (SSSR count). The topological polar surface area (TPSA) is 81.5 Å². The summed E-state index contributed by atoms with van der Waals surface area (Å²) in [4.78, 5) is 22.5. The van der Waals surface area contributed by atoms with E-state index < -0.39 is 16.9 Å². The Hall–Kier alpha value is -2.31. The van der Waals surface area contributed by atoms with E-state index in [0.29, 0.717) is 10.7 Å². The van der Waals surface area contributed by atoms with Gasteiger partial charge in [0, 0.05) is 6.07 Å². The van der Waals surface area contributed by atoms with Crippen LogP contribution in [0.5, 0.6) is 5.75 Å². The molecule has 1 N–H and O–H groups in total. The third kappa shape index (κ3) is 4.12. The Kier molecular flexibility index (Phi) is 5.41. The maximum absolute atomic E-state index is 12.2. The summed E-state index contributed by atoms with van der Waals surface area (Å²) in [5.74, 6) is -0.496. The van der Waals surface area contributed by atoms with Crippen LogP contribution < -0.4 is 10.1 Å². The van der Waals surface area contributed by atoms with Crippen LogP contribution >= 0.6 is 23.2 Å². The summed E-state index contributed by atoms with van der Waals surface area (Å²) in [6, 6.07) is 10.6. The van der Waals surface area contributed by atoms with Gasteiger partial charge in [-0.25, -0.2) is 0 Å². The van der Waals surface area contributed by atoms with E-state index in [4.69, 9.17) is 27.9 Å². The Balaban J connectivity index is 2.12. The number of hydrogen-bond acceptors (Lipinski definition) is 4. The molecule has 0 unspecified atom stereocenters. The minimum atomic E-state index is -0.967. The van der Waals surface area contributed by atoms with Crippen molar-refractivity contribution in [2.24, 2.45) is 0 Å². The lowest BCUT2D eigenvalue weighted by Gasteiger charge is -2.15. The fourth-order valence-electron chi connectivity index (χ4n) is 1.79. The van der Waals surface area contributed by atoms with Crippen LogP contribution in [0.2, 0.25) is 10.0 Å².